The van der Waals surface area contributed by atoms with Crippen molar-refractivity contribution in [3.63, 3.8) is 0 Å². The molecule has 0 saturated heterocycles. The maximum atomic E-state index is 12.6. The quantitative estimate of drug-likeness (QED) is 0.426. The fourth-order valence-corrected chi connectivity index (χ4v) is 4.99. The minimum atomic E-state index is -0.365. The number of nitrogens with one attached hydrogen (secondary N) is 2. The number of esters is 1. The van der Waals surface area contributed by atoms with E-state index in [1.807, 2.05) is 30.6 Å². The van der Waals surface area contributed by atoms with Crippen molar-refractivity contribution in [2.45, 2.75) is 49.7 Å². The van der Waals surface area contributed by atoms with Gasteiger partial charge in [0.1, 0.15) is 6.04 Å². The molecule has 0 aliphatic heterocycles. The molecule has 2 heterocycles. The molecule has 188 valence electrons. The highest BCUT2D eigenvalue weighted by molar-refractivity contribution is 5.86. The van der Waals surface area contributed by atoms with E-state index < -0.39 is 0 Å². The van der Waals surface area contributed by atoms with Gasteiger partial charge in [-0.25, -0.2) is 0 Å². The van der Waals surface area contributed by atoms with Crippen LogP contribution in [0.5, 0.6) is 0 Å². The number of hydrogen-bond acceptors (Lipinski definition) is 5. The number of carbonyl (C=O) groups is 1. The van der Waals surface area contributed by atoms with Crippen LogP contribution in [0.3, 0.4) is 0 Å². The van der Waals surface area contributed by atoms with E-state index in [0.717, 1.165) is 47.8 Å². The number of para-hydroxylation sites is 1. The lowest BCUT2D eigenvalue weighted by Crippen LogP contribution is -2.51. The third kappa shape index (κ3) is 6.23. The largest absolute Gasteiger partial charge is 0.468 e. The third-order valence-electron chi connectivity index (χ3n) is 6.83. The molecule has 0 spiro atoms. The zero-order valence-corrected chi connectivity index (χ0v) is 22.3. The molecule has 1 aromatic carbocycles. The van der Waals surface area contributed by atoms with E-state index in [1.54, 1.807) is 0 Å². The summed E-state index contributed by atoms with van der Waals surface area (Å²) in [7, 11) is 5.73. The molecule has 2 N–H and O–H groups in total. The summed E-state index contributed by atoms with van der Waals surface area (Å²) < 4.78 is 5.13. The molecule has 0 radical (unpaired) electrons. The Morgan fingerprint density at radius 2 is 1.82 bits per heavy atom. The van der Waals surface area contributed by atoms with Crippen molar-refractivity contribution in [1.29, 1.82) is 0 Å². The summed E-state index contributed by atoms with van der Waals surface area (Å²) in [4.78, 5) is 22.9. The Morgan fingerprint density at radius 1 is 1.15 bits per heavy atom. The number of carbonyl (C=O) groups excluding carboxylic acids is 1. The average Bonchev–Trinajstić information content (AvgIpc) is 3.22. The average molecular weight is 530 g/mol. The lowest BCUT2D eigenvalue weighted by atomic mass is 9.76. The third-order valence-corrected chi connectivity index (χ3v) is 6.83. The van der Waals surface area contributed by atoms with Crippen molar-refractivity contribution in [2.24, 2.45) is 0 Å². The van der Waals surface area contributed by atoms with Crippen LogP contribution in [0.1, 0.15) is 36.9 Å². The molecule has 1 saturated carbocycles. The van der Waals surface area contributed by atoms with Crippen LogP contribution in [0.2, 0.25) is 0 Å². The molecular weight excluding hydrogens is 495 g/mol. The Kier molecular flexibility index (Phi) is 11.8. The second-order valence-electron chi connectivity index (χ2n) is 8.72. The predicted molar refractivity (Wildman–Crippen MR) is 145 cm³/mol. The first kappa shape index (κ1) is 30.2. The molecule has 1 atom stereocenters. The number of benzene rings is 1. The first-order chi connectivity index (χ1) is 15.0. The Balaban J connectivity index is 0.00000193. The van der Waals surface area contributed by atoms with E-state index in [0.29, 0.717) is 6.42 Å². The second-order valence-corrected chi connectivity index (χ2v) is 8.72. The maximum Gasteiger partial charge on any atom is 0.323 e. The van der Waals surface area contributed by atoms with Gasteiger partial charge in [-0.1, -0.05) is 24.3 Å². The first-order valence-corrected chi connectivity index (χ1v) is 11.0. The molecule has 1 fully saturated rings. The molecule has 0 unspecified atom stereocenters. The van der Waals surface area contributed by atoms with Crippen molar-refractivity contribution in [1.82, 2.24) is 20.2 Å². The molecule has 9 heteroatoms. The number of aromatic nitrogens is 2. The number of rotatable bonds is 7. The van der Waals surface area contributed by atoms with E-state index in [9.17, 15) is 4.79 Å². The predicted octanol–water partition coefficient (Wildman–Crippen LogP) is 4.90. The van der Waals surface area contributed by atoms with Gasteiger partial charge in [-0.05, 0) is 63.5 Å². The first-order valence-electron chi connectivity index (χ1n) is 11.0. The lowest BCUT2D eigenvalue weighted by molar-refractivity contribution is -0.143. The van der Waals surface area contributed by atoms with Crippen LogP contribution in [0.25, 0.3) is 10.9 Å². The fraction of sp³-hybridized carbons (Fsp3) is 0.440. The highest BCUT2D eigenvalue weighted by Gasteiger charge is 2.40. The zero-order valence-electron chi connectivity index (χ0n) is 19.8. The number of aromatic amines is 1. The van der Waals surface area contributed by atoms with E-state index in [4.69, 9.17) is 4.74 Å². The summed E-state index contributed by atoms with van der Waals surface area (Å²) in [5, 5.41) is 4.77. The highest BCUT2D eigenvalue weighted by atomic mass is 35.5. The monoisotopic (exact) mass is 528 g/mol. The van der Waals surface area contributed by atoms with E-state index >= 15 is 0 Å². The van der Waals surface area contributed by atoms with Crippen LogP contribution in [-0.2, 0) is 21.5 Å². The zero-order chi connectivity index (χ0) is 21.8. The second kappa shape index (κ2) is 13.3. The standard InChI is InChI=1S/C25H32N4O2.3ClH/c1-29(2)25(23-10-6-7-15-26-23)13-11-19(12-14-25)28-22(24(30)31-3)16-18-17-27-21-9-5-4-8-20(18)21;;;/h4-10,15,17,19,22,27-28H,11-14,16H2,1-3H3;3*1H/t19?,22-,25?;;;/m0.../s1. The molecule has 1 aliphatic carbocycles. The molecule has 4 rings (SSSR count). The number of methoxy groups -OCH3 is 1. The summed E-state index contributed by atoms with van der Waals surface area (Å²) in [5.41, 5.74) is 3.29. The highest BCUT2D eigenvalue weighted by Crippen LogP contribution is 2.40. The van der Waals surface area contributed by atoms with Crippen LogP contribution in [0, 0.1) is 0 Å². The normalized spacial score (nSPS) is 20.5. The van der Waals surface area contributed by atoms with Crippen molar-refractivity contribution in [3.8, 4) is 0 Å². The van der Waals surface area contributed by atoms with Crippen molar-refractivity contribution in [2.75, 3.05) is 21.2 Å². The molecule has 0 bridgehead atoms. The number of hydrogen-bond donors (Lipinski definition) is 2. The number of fused-ring (bicyclic) bond motifs is 1. The number of H-pyrrole nitrogens is 1. The van der Waals surface area contributed by atoms with Gasteiger partial charge in [0, 0.05) is 35.8 Å². The van der Waals surface area contributed by atoms with E-state index in [2.05, 4.69) is 58.5 Å². The topological polar surface area (TPSA) is 70.2 Å². The minimum Gasteiger partial charge on any atom is -0.468 e. The van der Waals surface area contributed by atoms with Crippen molar-refractivity contribution in [3.05, 3.63) is 66.1 Å². The van der Waals surface area contributed by atoms with Gasteiger partial charge in [0.2, 0.25) is 0 Å². The summed E-state index contributed by atoms with van der Waals surface area (Å²) in [6.07, 6.45) is 8.44. The molecule has 34 heavy (non-hydrogen) atoms. The molecule has 1 aliphatic rings. The fourth-order valence-electron chi connectivity index (χ4n) is 4.99. The summed E-state index contributed by atoms with van der Waals surface area (Å²) in [6.45, 7) is 0. The van der Waals surface area contributed by atoms with Crippen LogP contribution >= 0.6 is 37.2 Å². The van der Waals surface area contributed by atoms with Gasteiger partial charge < -0.3 is 15.0 Å². The van der Waals surface area contributed by atoms with E-state index in [-0.39, 0.29) is 60.8 Å². The Hall–Kier alpha value is -1.83. The molecular formula is C25H35Cl3N4O2. The van der Waals surface area contributed by atoms with Crippen LogP contribution in [-0.4, -0.2) is 54.1 Å². The molecule has 3 aromatic rings. The minimum absolute atomic E-state index is 0. The number of pyridine rings is 1. The van der Waals surface area contributed by atoms with Gasteiger partial charge in [-0.2, -0.15) is 0 Å². The van der Waals surface area contributed by atoms with Gasteiger partial charge >= 0.3 is 5.97 Å². The molecule has 0 amide bonds. The van der Waals surface area contributed by atoms with Crippen LogP contribution in [0.15, 0.2) is 54.9 Å². The van der Waals surface area contributed by atoms with E-state index in [1.165, 1.54) is 7.11 Å². The molecule has 6 nitrogen and oxygen atoms in total. The Bertz CT molecular complexity index is 1020. The van der Waals surface area contributed by atoms with Gasteiger partial charge in [-0.15, -0.1) is 37.2 Å². The number of ether oxygens (including phenoxy) is 1. The maximum absolute atomic E-state index is 12.6. The van der Waals surface area contributed by atoms with Gasteiger partial charge in [-0.3, -0.25) is 14.7 Å². The smallest absolute Gasteiger partial charge is 0.323 e. The van der Waals surface area contributed by atoms with Gasteiger partial charge in [0.05, 0.1) is 18.3 Å². The van der Waals surface area contributed by atoms with Gasteiger partial charge in [0.25, 0.3) is 0 Å². The molecule has 2 aromatic heterocycles. The number of nitrogens with zero attached hydrogens (tertiary/aromatic N) is 2. The van der Waals surface area contributed by atoms with Crippen LogP contribution < -0.4 is 5.32 Å². The van der Waals surface area contributed by atoms with Crippen molar-refractivity contribution < 1.29 is 9.53 Å². The van der Waals surface area contributed by atoms with Crippen molar-refractivity contribution >= 4 is 54.1 Å². The van der Waals surface area contributed by atoms with Crippen LogP contribution in [0.4, 0.5) is 0 Å². The summed E-state index contributed by atoms with van der Waals surface area (Å²) in [5.74, 6) is -0.209. The summed E-state index contributed by atoms with van der Waals surface area (Å²) >= 11 is 0. The Morgan fingerprint density at radius 3 is 2.44 bits per heavy atom. The number of halogens is 3. The lowest BCUT2D eigenvalue weighted by Gasteiger charge is -2.45. The van der Waals surface area contributed by atoms with Gasteiger partial charge in [0.15, 0.2) is 0 Å². The summed E-state index contributed by atoms with van der Waals surface area (Å²) in [6, 6.07) is 14.2. The Labute approximate surface area is 220 Å². The SMILES string of the molecule is COC(=O)[C@H](Cc1c[nH]c2ccccc12)NC1CCC(c2ccccn2)(N(C)C)CC1.Cl.Cl.Cl.